The maximum Gasteiger partial charge on any atom is 0.238 e. The molecule has 0 spiro atoms. The molecule has 4 atom stereocenters. The number of rotatable bonds is 5. The zero-order chi connectivity index (χ0) is 23.3. The number of piperidine rings is 1. The van der Waals surface area contributed by atoms with E-state index in [-0.39, 0.29) is 17.9 Å². The van der Waals surface area contributed by atoms with Crippen LogP contribution >= 0.6 is 0 Å². The van der Waals surface area contributed by atoms with E-state index in [1.165, 1.54) is 0 Å². The molecule has 6 heteroatoms. The Hall–Kier alpha value is -3.17. The highest BCUT2D eigenvalue weighted by atomic mass is 16.2. The molecule has 0 radical (unpaired) electrons. The first-order chi connectivity index (χ1) is 15.8. The predicted molar refractivity (Wildman–Crippen MR) is 128 cm³/mol. The summed E-state index contributed by atoms with van der Waals surface area (Å²) in [6.45, 7) is 3.92. The summed E-state index contributed by atoms with van der Waals surface area (Å²) in [6, 6.07) is 16.3. The molecular formula is C27H30N4O2. The number of anilines is 1. The van der Waals surface area contributed by atoms with Crippen molar-refractivity contribution in [2.75, 3.05) is 11.9 Å². The van der Waals surface area contributed by atoms with Crippen LogP contribution in [0.25, 0.3) is 11.1 Å². The lowest BCUT2D eigenvalue weighted by atomic mass is 9.85. The minimum atomic E-state index is -0.550. The summed E-state index contributed by atoms with van der Waals surface area (Å²) in [7, 11) is 1.82. The largest absolute Gasteiger partial charge is 0.339 e. The van der Waals surface area contributed by atoms with Crippen LogP contribution < -0.4 is 15.5 Å². The first kappa shape index (κ1) is 21.7. The summed E-state index contributed by atoms with van der Waals surface area (Å²) >= 11 is 0. The lowest BCUT2D eigenvalue weighted by Gasteiger charge is -2.23. The highest BCUT2D eigenvalue weighted by molar-refractivity contribution is 6.07. The van der Waals surface area contributed by atoms with Gasteiger partial charge in [0, 0.05) is 25.2 Å². The van der Waals surface area contributed by atoms with E-state index in [4.69, 9.17) is 0 Å². The number of amides is 2. The van der Waals surface area contributed by atoms with Crippen molar-refractivity contribution in [3.05, 3.63) is 53.6 Å². The topological polar surface area (TPSA) is 85.2 Å². The second-order valence-corrected chi connectivity index (χ2v) is 10.2. The molecule has 33 heavy (non-hydrogen) atoms. The molecule has 0 unspecified atom stereocenters. The van der Waals surface area contributed by atoms with Gasteiger partial charge in [-0.15, -0.1) is 0 Å². The molecule has 1 saturated carbocycles. The summed E-state index contributed by atoms with van der Waals surface area (Å²) in [4.78, 5) is 27.0. The molecule has 170 valence electrons. The summed E-state index contributed by atoms with van der Waals surface area (Å²) in [5, 5.41) is 15.9. The van der Waals surface area contributed by atoms with Gasteiger partial charge in [0.25, 0.3) is 0 Å². The molecule has 3 aliphatic rings. The standard InChI is InChI=1S/C27H30N4O2/c1-27(2)22-11-9-18(14-23(22)31(3)26(27)33)17-6-4-16(5-7-17)12-21(15-28)30-25(32)24-19-8-10-20(13-19)29-24/h4-7,9,11,14,19-21,24,29H,8,10,12-13H2,1-3H3,(H,30,32)/t19-,20+,21-,24-/m0/s1. The number of likely N-dealkylation sites (N-methyl/N-ethyl adjacent to an activating group) is 1. The molecule has 2 aromatic carbocycles. The molecule has 2 fully saturated rings. The van der Waals surface area contributed by atoms with Crippen LogP contribution in [0.2, 0.25) is 0 Å². The van der Waals surface area contributed by atoms with E-state index in [0.29, 0.717) is 18.4 Å². The first-order valence-corrected chi connectivity index (χ1v) is 11.8. The molecule has 2 bridgehead atoms. The van der Waals surface area contributed by atoms with Crippen LogP contribution in [0.1, 0.15) is 44.2 Å². The SMILES string of the molecule is CN1C(=O)C(C)(C)c2ccc(-c3ccc(C[C@@H](C#N)NC(=O)[C@H]4N[C@@H]5CC[C@H]4C5)cc3)cc21. The second-order valence-electron chi connectivity index (χ2n) is 10.2. The molecule has 1 aliphatic carbocycles. The quantitative estimate of drug-likeness (QED) is 0.744. The van der Waals surface area contributed by atoms with Gasteiger partial charge in [0.05, 0.1) is 17.5 Å². The maximum atomic E-state index is 12.7. The smallest absolute Gasteiger partial charge is 0.238 e. The van der Waals surface area contributed by atoms with Crippen LogP contribution in [-0.4, -0.2) is 37.0 Å². The van der Waals surface area contributed by atoms with Gasteiger partial charge in [-0.2, -0.15) is 5.26 Å². The number of hydrogen-bond donors (Lipinski definition) is 2. The van der Waals surface area contributed by atoms with Gasteiger partial charge in [0.2, 0.25) is 11.8 Å². The second kappa shape index (κ2) is 8.00. The van der Waals surface area contributed by atoms with E-state index in [1.54, 1.807) is 4.90 Å². The minimum absolute atomic E-state index is 0.0508. The van der Waals surface area contributed by atoms with E-state index in [2.05, 4.69) is 28.8 Å². The average Bonchev–Trinajstić information content (AvgIpc) is 3.50. The van der Waals surface area contributed by atoms with Crippen molar-refractivity contribution in [1.29, 1.82) is 5.26 Å². The van der Waals surface area contributed by atoms with Gasteiger partial charge in [0.1, 0.15) is 6.04 Å². The summed E-state index contributed by atoms with van der Waals surface area (Å²) in [6.07, 6.45) is 3.79. The van der Waals surface area contributed by atoms with Crippen molar-refractivity contribution in [2.45, 2.75) is 63.1 Å². The zero-order valence-electron chi connectivity index (χ0n) is 19.4. The third kappa shape index (κ3) is 3.71. The Morgan fingerprint density at radius 3 is 2.58 bits per heavy atom. The van der Waals surface area contributed by atoms with E-state index < -0.39 is 11.5 Å². The molecule has 2 heterocycles. The van der Waals surface area contributed by atoms with E-state index in [9.17, 15) is 14.9 Å². The maximum absolute atomic E-state index is 12.7. The fourth-order valence-electron chi connectivity index (χ4n) is 5.77. The highest BCUT2D eigenvalue weighted by Gasteiger charge is 2.43. The Morgan fingerprint density at radius 2 is 1.94 bits per heavy atom. The average molecular weight is 443 g/mol. The Kier molecular flexibility index (Phi) is 5.25. The van der Waals surface area contributed by atoms with Gasteiger partial charge < -0.3 is 15.5 Å². The summed E-state index contributed by atoms with van der Waals surface area (Å²) < 4.78 is 0. The number of carbonyl (C=O) groups excluding carboxylic acids is 2. The number of fused-ring (bicyclic) bond motifs is 3. The molecule has 2 aromatic rings. The number of nitriles is 1. The third-order valence-corrected chi connectivity index (χ3v) is 7.71. The third-order valence-electron chi connectivity index (χ3n) is 7.71. The van der Waals surface area contributed by atoms with Crippen LogP contribution in [0.15, 0.2) is 42.5 Å². The highest BCUT2D eigenvalue weighted by Crippen LogP contribution is 2.42. The Morgan fingerprint density at radius 1 is 1.21 bits per heavy atom. The van der Waals surface area contributed by atoms with Crippen molar-refractivity contribution >= 4 is 17.5 Å². The van der Waals surface area contributed by atoms with Crippen molar-refractivity contribution < 1.29 is 9.59 Å². The summed E-state index contributed by atoms with van der Waals surface area (Å²) in [5.74, 6) is 0.459. The van der Waals surface area contributed by atoms with Crippen LogP contribution in [0, 0.1) is 17.2 Å². The Bertz CT molecular complexity index is 1150. The van der Waals surface area contributed by atoms with E-state index in [1.807, 2.05) is 51.2 Å². The number of nitrogens with one attached hydrogen (secondary N) is 2. The lowest BCUT2D eigenvalue weighted by molar-refractivity contribution is -0.124. The molecule has 0 aromatic heterocycles. The van der Waals surface area contributed by atoms with Crippen molar-refractivity contribution in [3.8, 4) is 17.2 Å². The molecule has 6 nitrogen and oxygen atoms in total. The van der Waals surface area contributed by atoms with Crippen molar-refractivity contribution in [2.24, 2.45) is 5.92 Å². The van der Waals surface area contributed by atoms with Crippen molar-refractivity contribution in [3.63, 3.8) is 0 Å². The zero-order valence-corrected chi connectivity index (χ0v) is 19.4. The fourth-order valence-corrected chi connectivity index (χ4v) is 5.77. The lowest BCUT2D eigenvalue weighted by Crippen LogP contribution is -2.50. The van der Waals surface area contributed by atoms with Gasteiger partial charge in [-0.05, 0) is 67.3 Å². The minimum Gasteiger partial charge on any atom is -0.339 e. The molecule has 2 N–H and O–H groups in total. The molecule has 5 rings (SSSR count). The Balaban J connectivity index is 1.27. The van der Waals surface area contributed by atoms with Gasteiger partial charge in [-0.3, -0.25) is 9.59 Å². The summed E-state index contributed by atoms with van der Waals surface area (Å²) in [5.41, 5.74) is 4.60. The predicted octanol–water partition coefficient (Wildman–Crippen LogP) is 3.30. The number of hydrogen-bond acceptors (Lipinski definition) is 4. The molecule has 1 saturated heterocycles. The van der Waals surface area contributed by atoms with Gasteiger partial charge in [-0.25, -0.2) is 0 Å². The van der Waals surface area contributed by atoms with Gasteiger partial charge in [-0.1, -0.05) is 36.4 Å². The monoisotopic (exact) mass is 442 g/mol. The number of benzene rings is 2. The number of nitrogens with zero attached hydrogens (tertiary/aromatic N) is 2. The van der Waals surface area contributed by atoms with Crippen LogP contribution in [0.5, 0.6) is 0 Å². The first-order valence-electron chi connectivity index (χ1n) is 11.8. The molecule has 2 amide bonds. The van der Waals surface area contributed by atoms with Gasteiger partial charge >= 0.3 is 0 Å². The van der Waals surface area contributed by atoms with Crippen molar-refractivity contribution in [1.82, 2.24) is 10.6 Å². The van der Waals surface area contributed by atoms with Crippen LogP contribution in [0.3, 0.4) is 0 Å². The van der Waals surface area contributed by atoms with E-state index in [0.717, 1.165) is 47.2 Å². The van der Waals surface area contributed by atoms with Crippen LogP contribution in [-0.2, 0) is 21.4 Å². The normalized spacial score (nSPS) is 25.6. The number of carbonyl (C=O) groups is 2. The molecule has 2 aliphatic heterocycles. The fraction of sp³-hybridized carbons (Fsp3) is 0.444. The molecular weight excluding hydrogens is 412 g/mol. The van der Waals surface area contributed by atoms with E-state index >= 15 is 0 Å². The Labute approximate surface area is 195 Å². The van der Waals surface area contributed by atoms with Crippen LogP contribution in [0.4, 0.5) is 5.69 Å². The van der Waals surface area contributed by atoms with Gasteiger partial charge in [0.15, 0.2) is 0 Å².